The van der Waals surface area contributed by atoms with Gasteiger partial charge in [0, 0.05) is 17.0 Å². The van der Waals surface area contributed by atoms with E-state index in [2.05, 4.69) is 10.2 Å². The zero-order chi connectivity index (χ0) is 12.6. The number of aromatic carboxylic acids is 1. The molecule has 2 aromatic rings. The van der Waals surface area contributed by atoms with E-state index in [-0.39, 0.29) is 11.4 Å². The van der Waals surface area contributed by atoms with E-state index >= 15 is 0 Å². The Kier molecular flexibility index (Phi) is 2.51. The normalized spacial score (nSPS) is 10.6. The van der Waals surface area contributed by atoms with Crippen LogP contribution in [-0.2, 0) is 6.42 Å². The van der Waals surface area contributed by atoms with Crippen molar-refractivity contribution in [2.75, 3.05) is 0 Å². The van der Waals surface area contributed by atoms with Crippen LogP contribution >= 0.6 is 0 Å². The number of hydrogen-bond donors (Lipinski definition) is 2. The number of H-pyrrole nitrogens is 1. The fourth-order valence-corrected chi connectivity index (χ4v) is 1.86. The number of aryl methyl sites for hydroxylation is 1. The minimum absolute atomic E-state index is 0.0797. The van der Waals surface area contributed by atoms with Crippen molar-refractivity contribution in [3.8, 4) is 0 Å². The van der Waals surface area contributed by atoms with Crippen molar-refractivity contribution in [3.05, 3.63) is 33.5 Å². The van der Waals surface area contributed by atoms with E-state index in [1.54, 1.807) is 6.92 Å². The molecule has 0 radical (unpaired) electrons. The van der Waals surface area contributed by atoms with E-state index in [1.807, 2.05) is 0 Å². The lowest BCUT2D eigenvalue weighted by molar-refractivity contribution is -0.385. The summed E-state index contributed by atoms with van der Waals surface area (Å²) in [6.45, 7) is 1.74. The summed E-state index contributed by atoms with van der Waals surface area (Å²) in [6.07, 6.45) is 0.369. The van der Waals surface area contributed by atoms with E-state index < -0.39 is 10.9 Å². The molecule has 17 heavy (non-hydrogen) atoms. The molecule has 0 atom stereocenters. The maximum atomic E-state index is 11.0. The molecule has 0 aliphatic carbocycles. The van der Waals surface area contributed by atoms with Crippen molar-refractivity contribution in [3.63, 3.8) is 0 Å². The number of benzene rings is 1. The Morgan fingerprint density at radius 2 is 2.29 bits per heavy atom. The first-order valence-electron chi connectivity index (χ1n) is 4.94. The third kappa shape index (κ3) is 1.61. The first-order chi connectivity index (χ1) is 8.06. The molecule has 0 aliphatic heterocycles. The van der Waals surface area contributed by atoms with Gasteiger partial charge in [-0.15, -0.1) is 0 Å². The molecule has 1 heterocycles. The second-order valence-corrected chi connectivity index (χ2v) is 3.47. The van der Waals surface area contributed by atoms with Gasteiger partial charge in [-0.3, -0.25) is 15.2 Å². The molecule has 0 fully saturated rings. The third-order valence-corrected chi connectivity index (χ3v) is 2.57. The Hall–Kier alpha value is -2.44. The van der Waals surface area contributed by atoms with Crippen LogP contribution in [0.2, 0.25) is 0 Å². The molecule has 1 aromatic carbocycles. The van der Waals surface area contributed by atoms with Gasteiger partial charge in [0.1, 0.15) is 0 Å². The van der Waals surface area contributed by atoms with Crippen LogP contribution in [0.15, 0.2) is 12.1 Å². The van der Waals surface area contributed by atoms with Gasteiger partial charge < -0.3 is 5.11 Å². The lowest BCUT2D eigenvalue weighted by Crippen LogP contribution is -2.00. The molecule has 0 saturated heterocycles. The molecule has 2 rings (SSSR count). The number of hydrogen-bond acceptors (Lipinski definition) is 4. The van der Waals surface area contributed by atoms with Crippen molar-refractivity contribution in [1.82, 2.24) is 10.2 Å². The monoisotopic (exact) mass is 235 g/mol. The fraction of sp³-hybridized carbons (Fsp3) is 0.200. The van der Waals surface area contributed by atoms with Gasteiger partial charge in [0.25, 0.3) is 5.69 Å². The SMILES string of the molecule is CCc1c([N+](=O)[O-])ccc2[nH]nc(C(=O)O)c12. The van der Waals surface area contributed by atoms with E-state index in [4.69, 9.17) is 5.11 Å². The van der Waals surface area contributed by atoms with Crippen LogP contribution in [0.25, 0.3) is 10.9 Å². The summed E-state index contributed by atoms with van der Waals surface area (Å²) in [5.74, 6) is -1.20. The molecule has 0 amide bonds. The number of nitro benzene ring substituents is 1. The number of carboxylic acids is 1. The minimum Gasteiger partial charge on any atom is -0.476 e. The van der Waals surface area contributed by atoms with Gasteiger partial charge >= 0.3 is 5.97 Å². The minimum atomic E-state index is -1.20. The maximum Gasteiger partial charge on any atom is 0.357 e. The lowest BCUT2D eigenvalue weighted by Gasteiger charge is -2.01. The topological polar surface area (TPSA) is 109 Å². The highest BCUT2D eigenvalue weighted by Crippen LogP contribution is 2.29. The Morgan fingerprint density at radius 3 is 2.82 bits per heavy atom. The quantitative estimate of drug-likeness (QED) is 0.621. The smallest absolute Gasteiger partial charge is 0.357 e. The van der Waals surface area contributed by atoms with Gasteiger partial charge in [0.05, 0.1) is 10.4 Å². The molecule has 0 saturated carbocycles. The van der Waals surface area contributed by atoms with Crippen LogP contribution in [0.3, 0.4) is 0 Å². The largest absolute Gasteiger partial charge is 0.476 e. The fourth-order valence-electron chi connectivity index (χ4n) is 1.86. The van der Waals surface area contributed by atoms with Crippen LogP contribution in [0.5, 0.6) is 0 Å². The van der Waals surface area contributed by atoms with E-state index in [9.17, 15) is 14.9 Å². The van der Waals surface area contributed by atoms with Gasteiger partial charge in [-0.1, -0.05) is 6.92 Å². The number of aromatic nitrogens is 2. The number of nitro groups is 1. The van der Waals surface area contributed by atoms with Crippen molar-refractivity contribution >= 4 is 22.6 Å². The Morgan fingerprint density at radius 1 is 1.59 bits per heavy atom. The predicted molar refractivity (Wildman–Crippen MR) is 59.1 cm³/mol. The maximum absolute atomic E-state index is 11.0. The number of nitrogens with zero attached hydrogens (tertiary/aromatic N) is 2. The summed E-state index contributed by atoms with van der Waals surface area (Å²) in [5, 5.41) is 26.4. The Labute approximate surface area is 95.2 Å². The van der Waals surface area contributed by atoms with Crippen molar-refractivity contribution in [2.45, 2.75) is 13.3 Å². The summed E-state index contributed by atoms with van der Waals surface area (Å²) in [4.78, 5) is 21.3. The van der Waals surface area contributed by atoms with Crippen LogP contribution in [0.4, 0.5) is 5.69 Å². The average molecular weight is 235 g/mol. The first-order valence-corrected chi connectivity index (χ1v) is 4.94. The van der Waals surface area contributed by atoms with Crippen LogP contribution in [-0.4, -0.2) is 26.2 Å². The highest BCUT2D eigenvalue weighted by atomic mass is 16.6. The second-order valence-electron chi connectivity index (χ2n) is 3.47. The van der Waals surface area contributed by atoms with Crippen LogP contribution < -0.4 is 0 Å². The number of rotatable bonds is 3. The standard InChI is InChI=1S/C10H9N3O4/c1-2-5-7(13(16)17)4-3-6-8(5)9(10(14)15)12-11-6/h3-4H,2H2,1H3,(H,11,12)(H,14,15). The van der Waals surface area contributed by atoms with Gasteiger partial charge in [0.2, 0.25) is 0 Å². The molecular weight excluding hydrogens is 226 g/mol. The number of fused-ring (bicyclic) bond motifs is 1. The highest BCUT2D eigenvalue weighted by Gasteiger charge is 2.22. The molecule has 7 heteroatoms. The molecule has 7 nitrogen and oxygen atoms in total. The van der Waals surface area contributed by atoms with Crippen molar-refractivity contribution < 1.29 is 14.8 Å². The zero-order valence-electron chi connectivity index (χ0n) is 8.93. The molecule has 0 bridgehead atoms. The van der Waals surface area contributed by atoms with Gasteiger partial charge in [0.15, 0.2) is 5.69 Å². The van der Waals surface area contributed by atoms with E-state index in [0.29, 0.717) is 22.9 Å². The van der Waals surface area contributed by atoms with Gasteiger partial charge in [-0.25, -0.2) is 4.79 Å². The molecule has 0 spiro atoms. The molecule has 0 aliphatic rings. The third-order valence-electron chi connectivity index (χ3n) is 2.57. The van der Waals surface area contributed by atoms with Crippen LogP contribution in [0, 0.1) is 10.1 Å². The summed E-state index contributed by atoms with van der Waals surface area (Å²) in [7, 11) is 0. The summed E-state index contributed by atoms with van der Waals surface area (Å²) in [5.41, 5.74) is 0.618. The molecule has 88 valence electrons. The van der Waals surface area contributed by atoms with Gasteiger partial charge in [-0.2, -0.15) is 5.10 Å². The average Bonchev–Trinajstić information content (AvgIpc) is 2.70. The summed E-state index contributed by atoms with van der Waals surface area (Å²) >= 11 is 0. The molecule has 1 aromatic heterocycles. The predicted octanol–water partition coefficient (Wildman–Crippen LogP) is 1.73. The van der Waals surface area contributed by atoms with Crippen molar-refractivity contribution in [2.24, 2.45) is 0 Å². The number of carbonyl (C=O) groups is 1. The Bertz CT molecular complexity index is 617. The summed E-state index contributed by atoms with van der Waals surface area (Å²) in [6, 6.07) is 2.82. The lowest BCUT2D eigenvalue weighted by atomic mass is 10.0. The van der Waals surface area contributed by atoms with Crippen LogP contribution in [0.1, 0.15) is 23.0 Å². The number of nitrogens with one attached hydrogen (secondary N) is 1. The summed E-state index contributed by atoms with van der Waals surface area (Å²) < 4.78 is 0. The Balaban J connectivity index is 2.87. The highest BCUT2D eigenvalue weighted by molar-refractivity contribution is 6.03. The van der Waals surface area contributed by atoms with Gasteiger partial charge in [-0.05, 0) is 12.5 Å². The zero-order valence-corrected chi connectivity index (χ0v) is 8.93. The number of aromatic amines is 1. The first kappa shape index (κ1) is 11.1. The molecular formula is C10H9N3O4. The number of carboxylic acid groups (broad SMARTS) is 1. The molecule has 0 unspecified atom stereocenters. The van der Waals surface area contributed by atoms with E-state index in [1.165, 1.54) is 12.1 Å². The molecule has 2 N–H and O–H groups in total. The second kappa shape index (κ2) is 3.85. The van der Waals surface area contributed by atoms with Crippen molar-refractivity contribution in [1.29, 1.82) is 0 Å². The van der Waals surface area contributed by atoms with E-state index in [0.717, 1.165) is 0 Å².